The Kier molecular flexibility index (Phi) is 6.40. The van der Waals surface area contributed by atoms with Crippen LogP contribution in [0.5, 0.6) is 11.5 Å². The summed E-state index contributed by atoms with van der Waals surface area (Å²) in [6.07, 6.45) is -4.40. The fourth-order valence-corrected chi connectivity index (χ4v) is 4.57. The van der Waals surface area contributed by atoms with Gasteiger partial charge in [0.2, 0.25) is 5.91 Å². The van der Waals surface area contributed by atoms with E-state index < -0.39 is 6.36 Å². The van der Waals surface area contributed by atoms with Gasteiger partial charge in [-0.3, -0.25) is 4.79 Å². The van der Waals surface area contributed by atoms with Gasteiger partial charge in [-0.15, -0.1) is 13.2 Å². The average Bonchev–Trinajstić information content (AvgIpc) is 3.18. The molecule has 1 amide bonds. The van der Waals surface area contributed by atoms with Crippen LogP contribution in [0.25, 0.3) is 10.2 Å². The molecule has 170 valence electrons. The van der Waals surface area contributed by atoms with Crippen LogP contribution in [0, 0.1) is 0 Å². The lowest BCUT2D eigenvalue weighted by Gasteiger charge is -2.34. The highest BCUT2D eigenvalue weighted by Gasteiger charge is 2.31. The molecule has 1 fully saturated rings. The number of thiazole rings is 1. The minimum absolute atomic E-state index is 0.0621. The second-order valence-corrected chi connectivity index (χ2v) is 8.30. The quantitative estimate of drug-likeness (QED) is 0.537. The zero-order valence-electron chi connectivity index (χ0n) is 17.4. The first kappa shape index (κ1) is 22.2. The summed E-state index contributed by atoms with van der Waals surface area (Å²) in [5.74, 6) is 0.585. The molecule has 0 aliphatic carbocycles. The Morgan fingerprint density at radius 3 is 2.41 bits per heavy atom. The zero-order chi connectivity index (χ0) is 22.7. The molecule has 0 radical (unpaired) electrons. The molecular weight excluding hydrogens is 443 g/mol. The van der Waals surface area contributed by atoms with Crippen LogP contribution in [0.1, 0.15) is 12.5 Å². The topological polar surface area (TPSA) is 54.9 Å². The van der Waals surface area contributed by atoms with E-state index in [1.807, 2.05) is 36.1 Å². The number of fused-ring (bicyclic) bond motifs is 1. The number of nitrogens with zero attached hydrogens (tertiary/aromatic N) is 3. The van der Waals surface area contributed by atoms with E-state index in [-0.39, 0.29) is 11.7 Å². The Bertz CT molecular complexity index is 1080. The van der Waals surface area contributed by atoms with Crippen LogP contribution >= 0.6 is 11.3 Å². The molecule has 6 nitrogen and oxygen atoms in total. The van der Waals surface area contributed by atoms with Gasteiger partial charge in [0.05, 0.1) is 23.2 Å². The molecule has 0 atom stereocenters. The third kappa shape index (κ3) is 5.42. The lowest BCUT2D eigenvalue weighted by Crippen LogP contribution is -2.49. The predicted molar refractivity (Wildman–Crippen MR) is 116 cm³/mol. The minimum atomic E-state index is -4.73. The van der Waals surface area contributed by atoms with Crippen LogP contribution < -0.4 is 14.4 Å². The molecule has 0 N–H and O–H groups in total. The summed E-state index contributed by atoms with van der Waals surface area (Å²) in [4.78, 5) is 21.1. The van der Waals surface area contributed by atoms with Crippen molar-refractivity contribution in [3.8, 4) is 11.5 Å². The number of ether oxygens (including phenoxy) is 2. The van der Waals surface area contributed by atoms with Crippen LogP contribution in [0.3, 0.4) is 0 Å². The first-order chi connectivity index (χ1) is 15.3. The van der Waals surface area contributed by atoms with Gasteiger partial charge in [0, 0.05) is 32.2 Å². The van der Waals surface area contributed by atoms with Gasteiger partial charge in [0.1, 0.15) is 11.5 Å². The van der Waals surface area contributed by atoms with E-state index >= 15 is 0 Å². The van der Waals surface area contributed by atoms with Crippen molar-refractivity contribution in [3.63, 3.8) is 0 Å². The standard InChI is InChI=1S/C22H22F3N3O3S/c1-2-30-16-5-3-15(4-6-16)13-20(29)27-9-11-28(12-10-27)21-26-18-8-7-17(14-19(18)32-21)31-22(23,24)25/h3-8,14H,2,9-13H2,1H3. The van der Waals surface area contributed by atoms with Gasteiger partial charge in [0.25, 0.3) is 0 Å². The first-order valence-electron chi connectivity index (χ1n) is 10.2. The van der Waals surface area contributed by atoms with Gasteiger partial charge in [-0.25, -0.2) is 4.98 Å². The molecule has 0 bridgehead atoms. The predicted octanol–water partition coefficient (Wildman–Crippen LogP) is 4.48. The summed E-state index contributed by atoms with van der Waals surface area (Å²) in [6, 6.07) is 11.7. The highest BCUT2D eigenvalue weighted by atomic mass is 32.1. The molecule has 32 heavy (non-hydrogen) atoms. The normalized spacial score (nSPS) is 14.6. The second kappa shape index (κ2) is 9.23. The van der Waals surface area contributed by atoms with Gasteiger partial charge in [-0.1, -0.05) is 23.5 Å². The number of piperazine rings is 1. The van der Waals surface area contributed by atoms with E-state index in [1.165, 1.54) is 29.5 Å². The van der Waals surface area contributed by atoms with Crippen molar-refractivity contribution in [2.75, 3.05) is 37.7 Å². The van der Waals surface area contributed by atoms with E-state index in [9.17, 15) is 18.0 Å². The Labute approximate surface area is 187 Å². The third-order valence-electron chi connectivity index (χ3n) is 5.07. The van der Waals surface area contributed by atoms with Crippen LogP contribution in [-0.2, 0) is 11.2 Å². The maximum atomic E-state index is 12.7. The lowest BCUT2D eigenvalue weighted by atomic mass is 10.1. The number of hydrogen-bond acceptors (Lipinski definition) is 6. The van der Waals surface area contributed by atoms with Gasteiger partial charge in [-0.2, -0.15) is 0 Å². The van der Waals surface area contributed by atoms with E-state index in [2.05, 4.69) is 14.6 Å². The van der Waals surface area contributed by atoms with Crippen molar-refractivity contribution in [2.24, 2.45) is 0 Å². The Balaban J connectivity index is 1.34. The summed E-state index contributed by atoms with van der Waals surface area (Å²) in [5.41, 5.74) is 1.55. The molecule has 1 saturated heterocycles. The minimum Gasteiger partial charge on any atom is -0.494 e. The van der Waals surface area contributed by atoms with Crippen LogP contribution in [0.2, 0.25) is 0 Å². The number of benzene rings is 2. The highest BCUT2D eigenvalue weighted by molar-refractivity contribution is 7.22. The molecule has 0 saturated carbocycles. The average molecular weight is 465 g/mol. The summed E-state index contributed by atoms with van der Waals surface area (Å²) in [7, 11) is 0. The highest BCUT2D eigenvalue weighted by Crippen LogP contribution is 2.33. The lowest BCUT2D eigenvalue weighted by molar-refractivity contribution is -0.274. The van der Waals surface area contributed by atoms with E-state index in [1.54, 1.807) is 0 Å². The first-order valence-corrected chi connectivity index (χ1v) is 11.0. The molecule has 0 spiro atoms. The fourth-order valence-electron chi connectivity index (χ4n) is 3.53. The zero-order valence-corrected chi connectivity index (χ0v) is 18.2. The number of alkyl halides is 3. The van der Waals surface area contributed by atoms with Crippen molar-refractivity contribution in [2.45, 2.75) is 19.7 Å². The second-order valence-electron chi connectivity index (χ2n) is 7.30. The fraction of sp³-hybridized carbons (Fsp3) is 0.364. The number of carbonyl (C=O) groups is 1. The molecular formula is C22H22F3N3O3S. The number of aromatic nitrogens is 1. The number of amides is 1. The van der Waals surface area contributed by atoms with E-state index in [0.717, 1.165) is 16.4 Å². The Hall–Kier alpha value is -3.01. The molecule has 2 heterocycles. The molecule has 10 heteroatoms. The van der Waals surface area contributed by atoms with Gasteiger partial charge < -0.3 is 19.3 Å². The summed E-state index contributed by atoms with van der Waals surface area (Å²) in [5, 5.41) is 0.725. The maximum absolute atomic E-state index is 12.7. The summed E-state index contributed by atoms with van der Waals surface area (Å²) < 4.78 is 47.4. The molecule has 1 aromatic heterocycles. The monoisotopic (exact) mass is 465 g/mol. The van der Waals surface area contributed by atoms with Crippen molar-refractivity contribution < 1.29 is 27.4 Å². The number of carbonyl (C=O) groups excluding carboxylic acids is 1. The number of halogens is 3. The van der Waals surface area contributed by atoms with Crippen molar-refractivity contribution in [1.29, 1.82) is 0 Å². The Morgan fingerprint density at radius 1 is 1.06 bits per heavy atom. The molecule has 1 aliphatic rings. The summed E-state index contributed by atoms with van der Waals surface area (Å²) in [6.45, 7) is 4.87. The SMILES string of the molecule is CCOc1ccc(CC(=O)N2CCN(c3nc4ccc(OC(F)(F)F)cc4s3)CC2)cc1. The molecule has 3 aromatic rings. The van der Waals surface area contributed by atoms with Crippen molar-refractivity contribution in [3.05, 3.63) is 48.0 Å². The number of anilines is 1. The van der Waals surface area contributed by atoms with Gasteiger partial charge in [0.15, 0.2) is 5.13 Å². The van der Waals surface area contributed by atoms with E-state index in [4.69, 9.17) is 4.74 Å². The smallest absolute Gasteiger partial charge is 0.494 e. The van der Waals surface area contributed by atoms with Gasteiger partial charge in [-0.05, 0) is 36.8 Å². The molecule has 4 rings (SSSR count). The van der Waals surface area contributed by atoms with Crippen molar-refractivity contribution >= 4 is 32.6 Å². The molecule has 1 aliphatic heterocycles. The molecule has 2 aromatic carbocycles. The largest absolute Gasteiger partial charge is 0.573 e. The van der Waals surface area contributed by atoms with Crippen molar-refractivity contribution in [1.82, 2.24) is 9.88 Å². The van der Waals surface area contributed by atoms with Crippen LogP contribution in [0.4, 0.5) is 18.3 Å². The third-order valence-corrected chi connectivity index (χ3v) is 6.15. The summed E-state index contributed by atoms with van der Waals surface area (Å²) >= 11 is 1.31. The van der Waals surface area contributed by atoms with Crippen LogP contribution in [-0.4, -0.2) is 54.9 Å². The van der Waals surface area contributed by atoms with Crippen LogP contribution in [0.15, 0.2) is 42.5 Å². The number of hydrogen-bond donors (Lipinski definition) is 0. The Morgan fingerprint density at radius 2 is 1.75 bits per heavy atom. The van der Waals surface area contributed by atoms with E-state index in [0.29, 0.717) is 49.4 Å². The number of rotatable bonds is 6. The maximum Gasteiger partial charge on any atom is 0.573 e. The molecule has 0 unspecified atom stereocenters. The van der Waals surface area contributed by atoms with Gasteiger partial charge >= 0.3 is 6.36 Å².